The summed E-state index contributed by atoms with van der Waals surface area (Å²) in [4.78, 5) is 19.7. The van der Waals surface area contributed by atoms with Crippen LogP contribution in [0.5, 0.6) is 0 Å². The number of nitrogens with zero attached hydrogens (tertiary/aromatic N) is 3. The van der Waals surface area contributed by atoms with E-state index in [0.29, 0.717) is 11.8 Å². The summed E-state index contributed by atoms with van der Waals surface area (Å²) in [6.07, 6.45) is 17.1. The third-order valence-electron chi connectivity index (χ3n) is 7.44. The van der Waals surface area contributed by atoms with E-state index in [4.69, 9.17) is 0 Å². The van der Waals surface area contributed by atoms with Crippen LogP contribution < -0.4 is 10.6 Å². The highest BCUT2D eigenvalue weighted by atomic mass is 79.9. The van der Waals surface area contributed by atoms with E-state index in [2.05, 4.69) is 97.2 Å². The molecule has 4 aliphatic heterocycles. The lowest BCUT2D eigenvalue weighted by Crippen LogP contribution is -2.40. The van der Waals surface area contributed by atoms with Gasteiger partial charge in [0.15, 0.2) is 0 Å². The van der Waals surface area contributed by atoms with Gasteiger partial charge < -0.3 is 20.4 Å². The van der Waals surface area contributed by atoms with Gasteiger partial charge in [0.05, 0.1) is 11.4 Å². The fourth-order valence-corrected chi connectivity index (χ4v) is 6.03. The normalized spacial score (nSPS) is 27.7. The van der Waals surface area contributed by atoms with Crippen LogP contribution in [0.4, 0.5) is 4.79 Å². The number of urea groups is 1. The predicted molar refractivity (Wildman–Crippen MR) is 138 cm³/mol. The fraction of sp³-hybridized carbons (Fsp3) is 0.370. The lowest BCUT2D eigenvalue weighted by molar-refractivity contribution is 0.202. The molecule has 1 aromatic carbocycles. The number of rotatable bonds is 4. The van der Waals surface area contributed by atoms with Gasteiger partial charge in [0.25, 0.3) is 0 Å². The van der Waals surface area contributed by atoms with E-state index in [-0.39, 0.29) is 12.2 Å². The Morgan fingerprint density at radius 1 is 1.06 bits per heavy atom. The maximum absolute atomic E-state index is 12.8. The molecule has 2 N–H and O–H groups in total. The highest BCUT2D eigenvalue weighted by molar-refractivity contribution is 9.10. The molecule has 0 radical (unpaired) electrons. The first kappa shape index (κ1) is 21.7. The molecule has 6 rings (SSSR count). The molecule has 2 saturated heterocycles. The first-order chi connectivity index (χ1) is 16.6. The van der Waals surface area contributed by atoms with Crippen LogP contribution in [-0.2, 0) is 0 Å². The Kier molecular flexibility index (Phi) is 5.83. The van der Waals surface area contributed by atoms with Crippen LogP contribution >= 0.6 is 15.9 Å². The summed E-state index contributed by atoms with van der Waals surface area (Å²) >= 11 is 3.56. The molecule has 1 aliphatic carbocycles. The first-order valence-electron chi connectivity index (χ1n) is 12.2. The molecule has 6 nitrogen and oxygen atoms in total. The van der Waals surface area contributed by atoms with Gasteiger partial charge in [-0.2, -0.15) is 0 Å². The summed E-state index contributed by atoms with van der Waals surface area (Å²) in [6.45, 7) is 4.66. The van der Waals surface area contributed by atoms with Crippen molar-refractivity contribution in [2.24, 2.45) is 11.8 Å². The van der Waals surface area contributed by atoms with Gasteiger partial charge in [-0.1, -0.05) is 46.3 Å². The Bertz CT molecular complexity index is 1100. The van der Waals surface area contributed by atoms with Crippen LogP contribution in [0.25, 0.3) is 5.70 Å². The van der Waals surface area contributed by atoms with Crippen LogP contribution in [0.2, 0.25) is 0 Å². The standard InChI is InChI=1S/C27H30BrN5O/c28-22-11-9-19(10-12-22)26-24(33-13-5-4-8-25(33)30-26)18-31-14-20-16-32(17-21(20)15-31)27(34)29-23-6-2-1-3-7-23/h2,4-13,20-21,25,30H,1,3,14-18H2,(H,29,34). The van der Waals surface area contributed by atoms with Crippen molar-refractivity contribution in [2.45, 2.75) is 19.0 Å². The molecule has 2 fully saturated rings. The van der Waals surface area contributed by atoms with Gasteiger partial charge >= 0.3 is 6.03 Å². The molecule has 5 aliphatic rings. The molecule has 1 aromatic rings. The van der Waals surface area contributed by atoms with Gasteiger partial charge in [0.2, 0.25) is 0 Å². The van der Waals surface area contributed by atoms with Gasteiger partial charge in [-0.05, 0) is 60.6 Å². The second-order valence-corrected chi connectivity index (χ2v) is 10.7. The maximum atomic E-state index is 12.8. The van der Waals surface area contributed by atoms with Gasteiger partial charge in [-0.25, -0.2) is 4.79 Å². The minimum atomic E-state index is 0.0482. The van der Waals surface area contributed by atoms with E-state index >= 15 is 0 Å². The molecule has 3 unspecified atom stereocenters. The molecule has 0 spiro atoms. The SMILES string of the molecule is O=C(NC1=CCCC=C1)N1CC2CN(CC3=C(c4ccc(Br)cc4)NC4C=CC=CN34)CC2C1. The van der Waals surface area contributed by atoms with E-state index in [9.17, 15) is 4.79 Å². The summed E-state index contributed by atoms with van der Waals surface area (Å²) in [5, 5.41) is 6.80. The number of halogens is 1. The van der Waals surface area contributed by atoms with Gasteiger partial charge in [0.1, 0.15) is 6.17 Å². The van der Waals surface area contributed by atoms with Gasteiger partial charge in [-0.15, -0.1) is 0 Å². The highest BCUT2D eigenvalue weighted by Gasteiger charge is 2.43. The van der Waals surface area contributed by atoms with Crippen molar-refractivity contribution in [3.63, 3.8) is 0 Å². The molecule has 0 saturated carbocycles. The molecular formula is C27H30BrN5O. The highest BCUT2D eigenvalue weighted by Crippen LogP contribution is 2.35. The number of hydrogen-bond donors (Lipinski definition) is 2. The topological polar surface area (TPSA) is 50.9 Å². The third-order valence-corrected chi connectivity index (χ3v) is 7.97. The van der Waals surface area contributed by atoms with Gasteiger partial charge in [-0.3, -0.25) is 4.90 Å². The van der Waals surface area contributed by atoms with Crippen molar-refractivity contribution in [3.8, 4) is 0 Å². The summed E-state index contributed by atoms with van der Waals surface area (Å²) in [5.74, 6) is 1.08. The molecule has 0 aromatic heterocycles. The number of hydrogen-bond acceptors (Lipinski definition) is 4. The number of nitrogens with one attached hydrogen (secondary N) is 2. The molecule has 3 atom stereocenters. The summed E-state index contributed by atoms with van der Waals surface area (Å²) in [5.41, 5.74) is 4.68. The summed E-state index contributed by atoms with van der Waals surface area (Å²) < 4.78 is 1.09. The quantitative estimate of drug-likeness (QED) is 0.624. The number of carbonyl (C=O) groups is 1. The second kappa shape index (κ2) is 9.12. The molecule has 34 heavy (non-hydrogen) atoms. The molecule has 4 heterocycles. The fourth-order valence-electron chi connectivity index (χ4n) is 5.77. The van der Waals surface area contributed by atoms with E-state index in [1.165, 1.54) is 17.0 Å². The Hall–Kier alpha value is -2.77. The molecule has 7 heteroatoms. The van der Waals surface area contributed by atoms with E-state index in [1.54, 1.807) is 0 Å². The molecular weight excluding hydrogens is 490 g/mol. The summed E-state index contributed by atoms with van der Waals surface area (Å²) in [7, 11) is 0. The van der Waals surface area contributed by atoms with Crippen LogP contribution in [0.1, 0.15) is 18.4 Å². The lowest BCUT2D eigenvalue weighted by Gasteiger charge is -2.28. The van der Waals surface area contributed by atoms with Crippen molar-refractivity contribution in [2.75, 3.05) is 32.7 Å². The lowest BCUT2D eigenvalue weighted by atomic mass is 10.0. The Balaban J connectivity index is 1.13. The van der Waals surface area contributed by atoms with E-state index in [1.807, 2.05) is 11.0 Å². The van der Waals surface area contributed by atoms with Crippen molar-refractivity contribution >= 4 is 27.7 Å². The van der Waals surface area contributed by atoms with Gasteiger partial charge in [0, 0.05) is 49.1 Å². The zero-order valence-electron chi connectivity index (χ0n) is 19.2. The number of fused-ring (bicyclic) bond motifs is 2. The first-order valence-corrected chi connectivity index (χ1v) is 13.0. The number of likely N-dealkylation sites (tertiary alicyclic amines) is 2. The Morgan fingerprint density at radius 2 is 1.85 bits per heavy atom. The van der Waals surface area contributed by atoms with Crippen LogP contribution in [-0.4, -0.2) is 59.6 Å². The maximum Gasteiger partial charge on any atom is 0.321 e. The molecule has 0 bridgehead atoms. The minimum Gasteiger partial charge on any atom is -0.360 e. The third kappa shape index (κ3) is 4.23. The average molecular weight is 520 g/mol. The number of benzene rings is 1. The smallest absolute Gasteiger partial charge is 0.321 e. The molecule has 176 valence electrons. The zero-order valence-corrected chi connectivity index (χ0v) is 20.7. The Morgan fingerprint density at radius 3 is 2.59 bits per heavy atom. The van der Waals surface area contributed by atoms with Crippen LogP contribution in [0, 0.1) is 11.8 Å². The van der Waals surface area contributed by atoms with Crippen molar-refractivity contribution < 1.29 is 4.79 Å². The van der Waals surface area contributed by atoms with E-state index < -0.39 is 0 Å². The number of amides is 2. The molecule has 2 amide bonds. The van der Waals surface area contributed by atoms with Crippen molar-refractivity contribution in [3.05, 3.63) is 88.4 Å². The van der Waals surface area contributed by atoms with Crippen molar-refractivity contribution in [1.29, 1.82) is 0 Å². The predicted octanol–water partition coefficient (Wildman–Crippen LogP) is 4.24. The number of carbonyl (C=O) groups excluding carboxylic acids is 1. The monoisotopic (exact) mass is 519 g/mol. The summed E-state index contributed by atoms with van der Waals surface area (Å²) in [6, 6.07) is 8.59. The average Bonchev–Trinajstić information content (AvgIpc) is 3.52. The number of allylic oxidation sites excluding steroid dienone is 5. The van der Waals surface area contributed by atoms with E-state index in [0.717, 1.165) is 55.7 Å². The van der Waals surface area contributed by atoms with Crippen LogP contribution in [0.15, 0.2) is 82.8 Å². The zero-order chi connectivity index (χ0) is 23.1. The Labute approximate surface area is 209 Å². The largest absolute Gasteiger partial charge is 0.360 e. The van der Waals surface area contributed by atoms with Crippen LogP contribution in [0.3, 0.4) is 0 Å². The van der Waals surface area contributed by atoms with Crippen molar-refractivity contribution in [1.82, 2.24) is 25.3 Å². The second-order valence-electron chi connectivity index (χ2n) is 9.74. The minimum absolute atomic E-state index is 0.0482.